The lowest BCUT2D eigenvalue weighted by molar-refractivity contribution is -0.121. The molecule has 1 aromatic carbocycles. The molecule has 0 saturated carbocycles. The number of nitrogen functional groups attached to an aromatic ring is 1. The first kappa shape index (κ1) is 12.9. The zero-order valence-corrected chi connectivity index (χ0v) is 10.2. The number of amides is 1. The van der Waals surface area contributed by atoms with Crippen LogP contribution >= 0.6 is 0 Å². The summed E-state index contributed by atoms with van der Waals surface area (Å²) < 4.78 is 10.7. The van der Waals surface area contributed by atoms with Crippen molar-refractivity contribution in [2.45, 2.75) is 18.9 Å². The Bertz CT molecular complexity index is 403. The van der Waals surface area contributed by atoms with Gasteiger partial charge in [0, 0.05) is 18.0 Å². The highest BCUT2D eigenvalue weighted by molar-refractivity contribution is 5.92. The van der Waals surface area contributed by atoms with Crippen LogP contribution in [0.5, 0.6) is 0 Å². The van der Waals surface area contributed by atoms with Gasteiger partial charge in [0.05, 0.1) is 12.7 Å². The summed E-state index contributed by atoms with van der Waals surface area (Å²) in [4.78, 5) is 11.6. The number of carbonyl (C=O) groups excluding carboxylic acids is 1. The normalized spacial score (nSPS) is 18.8. The van der Waals surface area contributed by atoms with Crippen LogP contribution in [0.15, 0.2) is 24.3 Å². The van der Waals surface area contributed by atoms with Crippen molar-refractivity contribution < 1.29 is 14.3 Å². The molecule has 0 aliphatic carbocycles. The van der Waals surface area contributed by atoms with Crippen molar-refractivity contribution in [1.29, 1.82) is 0 Å². The van der Waals surface area contributed by atoms with Crippen LogP contribution in [0.2, 0.25) is 0 Å². The van der Waals surface area contributed by atoms with Gasteiger partial charge >= 0.3 is 0 Å². The Kier molecular flexibility index (Phi) is 4.55. The molecule has 0 radical (unpaired) electrons. The predicted octanol–water partition coefficient (Wildman–Crippen LogP) is 1.40. The highest BCUT2D eigenvalue weighted by atomic mass is 16.5. The van der Waals surface area contributed by atoms with E-state index in [4.69, 9.17) is 15.2 Å². The minimum absolute atomic E-state index is 0.0364. The molecule has 1 aromatic rings. The highest BCUT2D eigenvalue weighted by Gasteiger charge is 2.15. The third-order valence-electron chi connectivity index (χ3n) is 2.73. The molecule has 1 aliphatic rings. The second kappa shape index (κ2) is 6.37. The van der Waals surface area contributed by atoms with Crippen LogP contribution < -0.4 is 11.1 Å². The molecule has 0 spiro atoms. The van der Waals surface area contributed by atoms with E-state index in [1.54, 1.807) is 24.3 Å². The maximum absolute atomic E-state index is 11.6. The van der Waals surface area contributed by atoms with Crippen LogP contribution in [-0.4, -0.2) is 31.8 Å². The molecular formula is C13H18N2O3. The van der Waals surface area contributed by atoms with Crippen LogP contribution in [0.3, 0.4) is 0 Å². The predicted molar refractivity (Wildman–Crippen MR) is 69.3 cm³/mol. The number of anilines is 2. The Labute approximate surface area is 106 Å². The van der Waals surface area contributed by atoms with E-state index in [9.17, 15) is 4.79 Å². The summed E-state index contributed by atoms with van der Waals surface area (Å²) in [6.45, 7) is 1.31. The van der Waals surface area contributed by atoms with Gasteiger partial charge in [-0.3, -0.25) is 4.79 Å². The average Bonchev–Trinajstić information content (AvgIpc) is 2.82. The van der Waals surface area contributed by atoms with E-state index in [-0.39, 0.29) is 18.6 Å². The van der Waals surface area contributed by atoms with E-state index < -0.39 is 0 Å². The zero-order valence-electron chi connectivity index (χ0n) is 10.2. The molecule has 1 aliphatic heterocycles. The summed E-state index contributed by atoms with van der Waals surface area (Å²) in [5, 5.41) is 2.72. The first-order valence-electron chi connectivity index (χ1n) is 6.09. The summed E-state index contributed by atoms with van der Waals surface area (Å²) in [5.41, 5.74) is 6.92. The second-order valence-corrected chi connectivity index (χ2v) is 4.32. The lowest BCUT2D eigenvalue weighted by Gasteiger charge is -2.10. The fourth-order valence-corrected chi connectivity index (χ4v) is 1.87. The van der Waals surface area contributed by atoms with Crippen molar-refractivity contribution in [3.05, 3.63) is 24.3 Å². The van der Waals surface area contributed by atoms with E-state index in [1.165, 1.54) is 0 Å². The summed E-state index contributed by atoms with van der Waals surface area (Å²) in [6, 6.07) is 7.05. The van der Waals surface area contributed by atoms with Gasteiger partial charge < -0.3 is 20.5 Å². The molecule has 1 amide bonds. The number of nitrogens with two attached hydrogens (primary N) is 1. The molecule has 5 nitrogen and oxygen atoms in total. The number of hydrogen-bond acceptors (Lipinski definition) is 4. The van der Waals surface area contributed by atoms with E-state index in [1.807, 2.05) is 0 Å². The van der Waals surface area contributed by atoms with Crippen LogP contribution in [0.4, 0.5) is 11.4 Å². The third kappa shape index (κ3) is 4.01. The van der Waals surface area contributed by atoms with Gasteiger partial charge in [0.2, 0.25) is 5.91 Å². The lowest BCUT2D eigenvalue weighted by Crippen LogP contribution is -2.22. The molecule has 98 valence electrons. The summed E-state index contributed by atoms with van der Waals surface area (Å²) in [5.74, 6) is -0.182. The van der Waals surface area contributed by atoms with Gasteiger partial charge in [-0.1, -0.05) is 6.07 Å². The molecule has 1 saturated heterocycles. The summed E-state index contributed by atoms with van der Waals surface area (Å²) in [6.07, 6.45) is 2.23. The molecule has 1 unspecified atom stereocenters. The van der Waals surface area contributed by atoms with Crippen molar-refractivity contribution in [2.75, 3.05) is 30.9 Å². The molecule has 18 heavy (non-hydrogen) atoms. The number of benzene rings is 1. The quantitative estimate of drug-likeness (QED) is 0.775. The standard InChI is InChI=1S/C13H18N2O3/c14-10-3-1-4-11(7-10)15-13(16)9-17-8-12-5-2-6-18-12/h1,3-4,7,12H,2,5-6,8-9,14H2,(H,15,16). The van der Waals surface area contributed by atoms with Gasteiger partial charge in [-0.25, -0.2) is 0 Å². The van der Waals surface area contributed by atoms with Crippen molar-refractivity contribution in [2.24, 2.45) is 0 Å². The minimum atomic E-state index is -0.182. The maximum Gasteiger partial charge on any atom is 0.250 e. The topological polar surface area (TPSA) is 73.6 Å². The molecule has 2 rings (SSSR count). The number of rotatable bonds is 5. The number of ether oxygens (including phenoxy) is 2. The lowest BCUT2D eigenvalue weighted by atomic mass is 10.2. The Morgan fingerprint density at radius 3 is 3.17 bits per heavy atom. The van der Waals surface area contributed by atoms with E-state index in [2.05, 4.69) is 5.32 Å². The maximum atomic E-state index is 11.6. The summed E-state index contributed by atoms with van der Waals surface area (Å²) >= 11 is 0. The smallest absolute Gasteiger partial charge is 0.250 e. The Morgan fingerprint density at radius 2 is 2.44 bits per heavy atom. The van der Waals surface area contributed by atoms with Crippen molar-refractivity contribution in [1.82, 2.24) is 0 Å². The molecule has 3 N–H and O–H groups in total. The SMILES string of the molecule is Nc1cccc(NC(=O)COCC2CCCO2)c1. The molecule has 5 heteroatoms. The molecule has 1 heterocycles. The molecule has 1 fully saturated rings. The van der Waals surface area contributed by atoms with E-state index in [0.29, 0.717) is 18.0 Å². The second-order valence-electron chi connectivity index (χ2n) is 4.32. The molecular weight excluding hydrogens is 232 g/mol. The van der Waals surface area contributed by atoms with E-state index in [0.717, 1.165) is 19.4 Å². The number of hydrogen-bond donors (Lipinski definition) is 2. The van der Waals surface area contributed by atoms with Crippen LogP contribution in [0, 0.1) is 0 Å². The van der Waals surface area contributed by atoms with Crippen LogP contribution in [0.25, 0.3) is 0 Å². The first-order chi connectivity index (χ1) is 8.74. The molecule has 1 atom stereocenters. The minimum Gasteiger partial charge on any atom is -0.399 e. The fourth-order valence-electron chi connectivity index (χ4n) is 1.87. The number of nitrogens with one attached hydrogen (secondary N) is 1. The van der Waals surface area contributed by atoms with Gasteiger partial charge in [0.15, 0.2) is 0 Å². The Morgan fingerprint density at radius 1 is 1.56 bits per heavy atom. The first-order valence-corrected chi connectivity index (χ1v) is 6.09. The van der Waals surface area contributed by atoms with Gasteiger partial charge in [-0.05, 0) is 31.0 Å². The molecule has 0 bridgehead atoms. The van der Waals surface area contributed by atoms with Gasteiger partial charge in [-0.2, -0.15) is 0 Å². The largest absolute Gasteiger partial charge is 0.399 e. The Hall–Kier alpha value is -1.59. The van der Waals surface area contributed by atoms with Crippen LogP contribution in [-0.2, 0) is 14.3 Å². The van der Waals surface area contributed by atoms with Crippen molar-refractivity contribution in [3.63, 3.8) is 0 Å². The van der Waals surface area contributed by atoms with E-state index >= 15 is 0 Å². The molecule has 0 aromatic heterocycles. The Balaban J connectivity index is 1.68. The van der Waals surface area contributed by atoms with Gasteiger partial charge in [-0.15, -0.1) is 0 Å². The summed E-state index contributed by atoms with van der Waals surface area (Å²) in [7, 11) is 0. The van der Waals surface area contributed by atoms with Crippen LogP contribution in [0.1, 0.15) is 12.8 Å². The highest BCUT2D eigenvalue weighted by Crippen LogP contribution is 2.13. The monoisotopic (exact) mass is 250 g/mol. The van der Waals surface area contributed by atoms with Crippen molar-refractivity contribution >= 4 is 17.3 Å². The van der Waals surface area contributed by atoms with Gasteiger partial charge in [0.25, 0.3) is 0 Å². The zero-order chi connectivity index (χ0) is 12.8. The average molecular weight is 250 g/mol. The van der Waals surface area contributed by atoms with Crippen molar-refractivity contribution in [3.8, 4) is 0 Å². The third-order valence-corrected chi connectivity index (χ3v) is 2.73. The van der Waals surface area contributed by atoms with Gasteiger partial charge in [0.1, 0.15) is 6.61 Å². The number of carbonyl (C=O) groups is 1. The fraction of sp³-hybridized carbons (Fsp3) is 0.462.